The first-order valence-electron chi connectivity index (χ1n) is 4.83. The highest BCUT2D eigenvalue weighted by molar-refractivity contribution is 5.08. The van der Waals surface area contributed by atoms with E-state index in [1.807, 2.05) is 12.1 Å². The number of aromatic nitrogens is 1. The van der Waals surface area contributed by atoms with E-state index >= 15 is 0 Å². The van der Waals surface area contributed by atoms with Gasteiger partial charge in [-0.15, -0.1) is 0 Å². The second-order valence-corrected chi connectivity index (χ2v) is 3.41. The molecule has 0 radical (unpaired) electrons. The third kappa shape index (κ3) is 2.21. The molecular formula is C10H14N2O2. The first-order valence-corrected chi connectivity index (χ1v) is 4.83. The van der Waals surface area contributed by atoms with E-state index in [1.54, 1.807) is 6.20 Å². The fourth-order valence-corrected chi connectivity index (χ4v) is 1.58. The van der Waals surface area contributed by atoms with Crippen molar-refractivity contribution in [3.05, 3.63) is 34.2 Å². The van der Waals surface area contributed by atoms with Crippen molar-refractivity contribution in [2.75, 3.05) is 26.3 Å². The average molecular weight is 194 g/mol. The third-order valence-electron chi connectivity index (χ3n) is 2.40. The number of pyridine rings is 1. The Kier molecular flexibility index (Phi) is 2.96. The van der Waals surface area contributed by atoms with E-state index in [4.69, 9.17) is 4.74 Å². The molecule has 1 saturated heterocycles. The number of rotatable bonds is 2. The molecule has 0 aromatic carbocycles. The Morgan fingerprint density at radius 1 is 1.43 bits per heavy atom. The van der Waals surface area contributed by atoms with Crippen LogP contribution in [0.4, 0.5) is 0 Å². The van der Waals surface area contributed by atoms with Crippen LogP contribution < -0.4 is 5.56 Å². The zero-order valence-corrected chi connectivity index (χ0v) is 8.03. The summed E-state index contributed by atoms with van der Waals surface area (Å²) in [6, 6.07) is 3.73. The minimum Gasteiger partial charge on any atom is -0.379 e. The fraction of sp³-hybridized carbons (Fsp3) is 0.500. The molecule has 0 saturated carbocycles. The SMILES string of the molecule is O=c1[nH]cccc1CN1CCOCC1. The molecule has 0 atom stereocenters. The smallest absolute Gasteiger partial charge is 0.252 e. The Morgan fingerprint density at radius 2 is 2.21 bits per heavy atom. The zero-order valence-electron chi connectivity index (χ0n) is 8.03. The Morgan fingerprint density at radius 3 is 2.93 bits per heavy atom. The van der Waals surface area contributed by atoms with Gasteiger partial charge in [-0.3, -0.25) is 9.69 Å². The zero-order chi connectivity index (χ0) is 9.80. The molecule has 1 aliphatic rings. The number of aromatic amines is 1. The number of morpholine rings is 1. The quantitative estimate of drug-likeness (QED) is 0.732. The summed E-state index contributed by atoms with van der Waals surface area (Å²) in [5.41, 5.74) is 0.841. The van der Waals surface area contributed by atoms with Crippen LogP contribution in [0, 0.1) is 0 Å². The topological polar surface area (TPSA) is 45.3 Å². The van der Waals surface area contributed by atoms with Gasteiger partial charge in [0.05, 0.1) is 13.2 Å². The van der Waals surface area contributed by atoms with Crippen molar-refractivity contribution in [3.8, 4) is 0 Å². The van der Waals surface area contributed by atoms with Crippen molar-refractivity contribution in [3.63, 3.8) is 0 Å². The average Bonchev–Trinajstić information content (AvgIpc) is 2.23. The Labute approximate surface area is 82.5 Å². The van der Waals surface area contributed by atoms with Crippen molar-refractivity contribution in [1.82, 2.24) is 9.88 Å². The van der Waals surface area contributed by atoms with E-state index in [2.05, 4.69) is 9.88 Å². The molecule has 1 aliphatic heterocycles. The molecule has 0 spiro atoms. The monoisotopic (exact) mass is 194 g/mol. The Bertz CT molecular complexity index is 342. The maximum absolute atomic E-state index is 11.4. The summed E-state index contributed by atoms with van der Waals surface area (Å²) < 4.78 is 5.24. The first kappa shape index (κ1) is 9.43. The van der Waals surface area contributed by atoms with Crippen LogP contribution in [0.25, 0.3) is 0 Å². The van der Waals surface area contributed by atoms with Gasteiger partial charge in [-0.1, -0.05) is 6.07 Å². The highest BCUT2D eigenvalue weighted by atomic mass is 16.5. The van der Waals surface area contributed by atoms with Crippen LogP contribution in [0.3, 0.4) is 0 Å². The molecule has 14 heavy (non-hydrogen) atoms. The van der Waals surface area contributed by atoms with E-state index < -0.39 is 0 Å². The van der Waals surface area contributed by atoms with Gasteiger partial charge in [0, 0.05) is 31.4 Å². The molecule has 1 aromatic heterocycles. The van der Waals surface area contributed by atoms with Gasteiger partial charge in [0.15, 0.2) is 0 Å². The van der Waals surface area contributed by atoms with Gasteiger partial charge in [0.25, 0.3) is 5.56 Å². The minimum atomic E-state index is 0.0130. The number of nitrogens with zero attached hydrogens (tertiary/aromatic N) is 1. The van der Waals surface area contributed by atoms with E-state index in [9.17, 15) is 4.79 Å². The lowest BCUT2D eigenvalue weighted by molar-refractivity contribution is 0.0340. The largest absolute Gasteiger partial charge is 0.379 e. The predicted molar refractivity (Wildman–Crippen MR) is 53.2 cm³/mol. The van der Waals surface area contributed by atoms with Crippen molar-refractivity contribution >= 4 is 0 Å². The van der Waals surface area contributed by atoms with Crippen LogP contribution in [0.1, 0.15) is 5.56 Å². The van der Waals surface area contributed by atoms with E-state index in [0.29, 0.717) is 0 Å². The lowest BCUT2D eigenvalue weighted by Crippen LogP contribution is -2.37. The summed E-state index contributed by atoms with van der Waals surface area (Å²) in [5.74, 6) is 0. The summed E-state index contributed by atoms with van der Waals surface area (Å²) in [6.07, 6.45) is 1.66. The van der Waals surface area contributed by atoms with Gasteiger partial charge in [-0.25, -0.2) is 0 Å². The lowest BCUT2D eigenvalue weighted by Gasteiger charge is -2.26. The summed E-state index contributed by atoms with van der Waals surface area (Å²) in [5, 5.41) is 0. The molecule has 76 valence electrons. The van der Waals surface area contributed by atoms with Crippen molar-refractivity contribution < 1.29 is 4.74 Å². The molecule has 1 fully saturated rings. The number of H-pyrrole nitrogens is 1. The van der Waals surface area contributed by atoms with Gasteiger partial charge < -0.3 is 9.72 Å². The molecule has 2 rings (SSSR count). The molecule has 4 nitrogen and oxygen atoms in total. The lowest BCUT2D eigenvalue weighted by atomic mass is 10.2. The van der Waals surface area contributed by atoms with E-state index in [0.717, 1.165) is 38.4 Å². The van der Waals surface area contributed by atoms with Crippen molar-refractivity contribution in [2.24, 2.45) is 0 Å². The van der Waals surface area contributed by atoms with E-state index in [-0.39, 0.29) is 5.56 Å². The molecule has 2 heterocycles. The highest BCUT2D eigenvalue weighted by Crippen LogP contribution is 2.02. The van der Waals surface area contributed by atoms with Crippen molar-refractivity contribution in [2.45, 2.75) is 6.54 Å². The Balaban J connectivity index is 2.03. The second-order valence-electron chi connectivity index (χ2n) is 3.41. The molecule has 0 bridgehead atoms. The fourth-order valence-electron chi connectivity index (χ4n) is 1.58. The molecule has 1 aromatic rings. The van der Waals surface area contributed by atoms with Crippen LogP contribution >= 0.6 is 0 Å². The highest BCUT2D eigenvalue weighted by Gasteiger charge is 2.11. The van der Waals surface area contributed by atoms with Gasteiger partial charge in [0.2, 0.25) is 0 Å². The van der Waals surface area contributed by atoms with Gasteiger partial charge in [-0.2, -0.15) is 0 Å². The molecular weight excluding hydrogens is 180 g/mol. The molecule has 4 heteroatoms. The predicted octanol–water partition coefficient (Wildman–Crippen LogP) is 0.207. The maximum atomic E-state index is 11.4. The van der Waals surface area contributed by atoms with Gasteiger partial charge >= 0.3 is 0 Å². The van der Waals surface area contributed by atoms with Crippen molar-refractivity contribution in [1.29, 1.82) is 0 Å². The standard InChI is InChI=1S/C10H14N2O2/c13-10-9(2-1-3-11-10)8-12-4-6-14-7-5-12/h1-3H,4-8H2,(H,11,13). The molecule has 0 aliphatic carbocycles. The number of ether oxygens (including phenoxy) is 1. The van der Waals surface area contributed by atoms with Crippen LogP contribution in [0.2, 0.25) is 0 Å². The number of nitrogens with one attached hydrogen (secondary N) is 1. The van der Waals surface area contributed by atoms with Gasteiger partial charge in [-0.05, 0) is 6.07 Å². The molecule has 0 amide bonds. The third-order valence-corrected chi connectivity index (χ3v) is 2.40. The van der Waals surface area contributed by atoms with Crippen LogP contribution in [-0.4, -0.2) is 36.2 Å². The second kappa shape index (κ2) is 4.39. The van der Waals surface area contributed by atoms with Crippen LogP contribution in [-0.2, 0) is 11.3 Å². The summed E-state index contributed by atoms with van der Waals surface area (Å²) in [7, 11) is 0. The van der Waals surface area contributed by atoms with Gasteiger partial charge in [0.1, 0.15) is 0 Å². The summed E-state index contributed by atoms with van der Waals surface area (Å²) in [4.78, 5) is 16.3. The maximum Gasteiger partial charge on any atom is 0.252 e. The summed E-state index contributed by atoms with van der Waals surface area (Å²) >= 11 is 0. The Hall–Kier alpha value is -1.13. The van der Waals surface area contributed by atoms with Crippen LogP contribution in [0.5, 0.6) is 0 Å². The number of hydrogen-bond donors (Lipinski definition) is 1. The number of hydrogen-bond acceptors (Lipinski definition) is 3. The normalized spacial score (nSPS) is 18.3. The van der Waals surface area contributed by atoms with Crippen LogP contribution in [0.15, 0.2) is 23.1 Å². The van der Waals surface area contributed by atoms with E-state index in [1.165, 1.54) is 0 Å². The minimum absolute atomic E-state index is 0.0130. The molecule has 1 N–H and O–H groups in total. The molecule has 0 unspecified atom stereocenters. The summed E-state index contributed by atoms with van der Waals surface area (Å²) in [6.45, 7) is 4.08. The first-order chi connectivity index (χ1) is 6.86.